The Bertz CT molecular complexity index is 1280. The number of aromatic nitrogens is 4. The van der Waals surface area contributed by atoms with Crippen LogP contribution in [0.15, 0.2) is 36.4 Å². The first-order chi connectivity index (χ1) is 16.4. The topological polar surface area (TPSA) is 82.3 Å². The van der Waals surface area contributed by atoms with Gasteiger partial charge in [0.05, 0.1) is 42.0 Å². The van der Waals surface area contributed by atoms with Crippen molar-refractivity contribution in [3.8, 4) is 11.5 Å². The third-order valence-electron chi connectivity index (χ3n) is 6.31. The number of morpholine rings is 1. The second-order valence-electron chi connectivity index (χ2n) is 9.82. The molecule has 3 heterocycles. The Balaban J connectivity index is 1.44. The van der Waals surface area contributed by atoms with Gasteiger partial charge < -0.3 is 24.3 Å². The lowest BCUT2D eigenvalue weighted by atomic mass is 10.1. The molecule has 0 radical (unpaired) electrons. The van der Waals surface area contributed by atoms with Gasteiger partial charge in [-0.1, -0.05) is 6.07 Å². The van der Waals surface area contributed by atoms with E-state index in [1.807, 2.05) is 13.8 Å². The number of hydrogen-bond acceptors (Lipinski definition) is 6. The maximum absolute atomic E-state index is 6.05. The number of fused-ring (bicyclic) bond motifs is 2. The Hall–Kier alpha value is -2.94. The van der Waals surface area contributed by atoms with Crippen molar-refractivity contribution in [3.05, 3.63) is 42.0 Å². The van der Waals surface area contributed by atoms with Gasteiger partial charge in [-0.2, -0.15) is 5.10 Å². The second-order valence-corrected chi connectivity index (χ2v) is 9.82. The Morgan fingerprint density at radius 3 is 2.82 bits per heavy atom. The van der Waals surface area contributed by atoms with Gasteiger partial charge in [-0.25, -0.2) is 4.98 Å². The monoisotopic (exact) mass is 462 g/mol. The molecule has 8 heteroatoms. The van der Waals surface area contributed by atoms with Crippen molar-refractivity contribution >= 4 is 27.6 Å². The van der Waals surface area contributed by atoms with Crippen molar-refractivity contribution in [2.24, 2.45) is 0 Å². The number of rotatable bonds is 7. The highest BCUT2D eigenvalue weighted by Crippen LogP contribution is 2.30. The summed E-state index contributed by atoms with van der Waals surface area (Å²) in [4.78, 5) is 13.0. The molecule has 4 aromatic rings. The summed E-state index contributed by atoms with van der Waals surface area (Å²) in [6, 6.07) is 13.0. The quantitative estimate of drug-likeness (QED) is 0.429. The molecule has 2 N–H and O–H groups in total. The number of imidazole rings is 1. The lowest BCUT2D eigenvalue weighted by Gasteiger charge is -2.40. The third kappa shape index (κ3) is 4.66. The summed E-state index contributed by atoms with van der Waals surface area (Å²) in [7, 11) is 4.17. The molecule has 1 aliphatic heterocycles. The van der Waals surface area contributed by atoms with Crippen LogP contribution in [0.5, 0.6) is 0 Å². The molecule has 0 bridgehead atoms. The minimum absolute atomic E-state index is 0.191. The number of hydrogen-bond donors (Lipinski definition) is 2. The van der Waals surface area contributed by atoms with Gasteiger partial charge in [0.15, 0.2) is 5.82 Å². The first kappa shape index (κ1) is 22.8. The van der Waals surface area contributed by atoms with E-state index in [2.05, 4.69) is 82.4 Å². The summed E-state index contributed by atoms with van der Waals surface area (Å²) in [5.74, 6) is 0.765. The fraction of sp³-hybridized carbons (Fsp3) is 0.462. The van der Waals surface area contributed by atoms with Gasteiger partial charge >= 0.3 is 0 Å². The van der Waals surface area contributed by atoms with Crippen molar-refractivity contribution in [2.45, 2.75) is 45.6 Å². The van der Waals surface area contributed by atoms with Gasteiger partial charge in [-0.05, 0) is 70.8 Å². The van der Waals surface area contributed by atoms with E-state index in [4.69, 9.17) is 14.5 Å². The molecule has 180 valence electrons. The van der Waals surface area contributed by atoms with Crippen LogP contribution in [0.1, 0.15) is 26.3 Å². The Morgan fingerprint density at radius 2 is 2.03 bits per heavy atom. The van der Waals surface area contributed by atoms with Crippen molar-refractivity contribution in [2.75, 3.05) is 38.7 Å². The number of H-pyrrole nitrogens is 2. The first-order valence-corrected chi connectivity index (χ1v) is 12.0. The molecule has 1 fully saturated rings. The molecule has 2 aromatic heterocycles. The van der Waals surface area contributed by atoms with Gasteiger partial charge in [0.25, 0.3) is 0 Å². The fourth-order valence-corrected chi connectivity index (χ4v) is 4.58. The lowest BCUT2D eigenvalue weighted by molar-refractivity contribution is 0.00880. The highest BCUT2D eigenvalue weighted by molar-refractivity contribution is 5.93. The van der Waals surface area contributed by atoms with E-state index in [0.29, 0.717) is 12.6 Å². The summed E-state index contributed by atoms with van der Waals surface area (Å²) in [6.07, 6.45) is 0.389. The molecule has 0 amide bonds. The molecule has 34 heavy (non-hydrogen) atoms. The van der Waals surface area contributed by atoms with Crippen LogP contribution >= 0.6 is 0 Å². The molecule has 8 nitrogen and oxygen atoms in total. The van der Waals surface area contributed by atoms with Crippen LogP contribution in [-0.2, 0) is 16.1 Å². The standard InChI is InChI=1S/C26H34N6O2/c1-16(2)33-15-18-6-8-22-21(10-18)25(30-29-22)26-27-23-9-7-19(11-24(23)28-26)32-13-20(12-31(4)5)34-14-17(32)3/h6-11,16-17,20H,12-15H2,1-5H3,(H,27,28)(H,29,30). The van der Waals surface area contributed by atoms with E-state index in [9.17, 15) is 0 Å². The molecule has 0 spiro atoms. The van der Waals surface area contributed by atoms with Crippen molar-refractivity contribution in [3.63, 3.8) is 0 Å². The Labute approximate surface area is 200 Å². The predicted octanol–water partition coefficient (Wildman–Crippen LogP) is 4.19. The number of nitrogens with one attached hydrogen (secondary N) is 2. The van der Waals surface area contributed by atoms with Gasteiger partial charge in [-0.15, -0.1) is 0 Å². The van der Waals surface area contributed by atoms with Crippen molar-refractivity contribution < 1.29 is 9.47 Å². The second kappa shape index (κ2) is 9.37. The van der Waals surface area contributed by atoms with Crippen LogP contribution in [-0.4, -0.2) is 77.1 Å². The zero-order chi connectivity index (χ0) is 23.8. The van der Waals surface area contributed by atoms with Crippen molar-refractivity contribution in [1.29, 1.82) is 0 Å². The van der Waals surface area contributed by atoms with E-state index in [1.54, 1.807) is 0 Å². The van der Waals surface area contributed by atoms with E-state index >= 15 is 0 Å². The van der Waals surface area contributed by atoms with Gasteiger partial charge in [0.1, 0.15) is 5.69 Å². The van der Waals surface area contributed by atoms with E-state index in [-0.39, 0.29) is 12.2 Å². The fourth-order valence-electron chi connectivity index (χ4n) is 4.58. The predicted molar refractivity (Wildman–Crippen MR) is 136 cm³/mol. The normalized spacial score (nSPS) is 19.2. The van der Waals surface area contributed by atoms with Crippen LogP contribution in [0.4, 0.5) is 5.69 Å². The minimum atomic E-state index is 0.191. The average Bonchev–Trinajstić information content (AvgIpc) is 3.41. The molecule has 5 rings (SSSR count). The Morgan fingerprint density at radius 1 is 1.18 bits per heavy atom. The number of benzene rings is 2. The largest absolute Gasteiger partial charge is 0.374 e. The van der Waals surface area contributed by atoms with Crippen LogP contribution in [0.25, 0.3) is 33.5 Å². The van der Waals surface area contributed by atoms with Crippen molar-refractivity contribution in [1.82, 2.24) is 25.1 Å². The SMILES string of the molecule is CC(C)OCc1ccc2[nH]nc(-c3nc4ccc(N5CC(CN(C)C)OCC5C)cc4[nH]3)c2c1. The highest BCUT2D eigenvalue weighted by atomic mass is 16.5. The molecule has 1 aliphatic rings. The van der Waals surface area contributed by atoms with Crippen LogP contribution < -0.4 is 4.90 Å². The smallest absolute Gasteiger partial charge is 0.159 e. The van der Waals surface area contributed by atoms with Gasteiger partial charge in [0.2, 0.25) is 0 Å². The van der Waals surface area contributed by atoms with E-state index in [0.717, 1.165) is 58.7 Å². The molecule has 2 aromatic carbocycles. The third-order valence-corrected chi connectivity index (χ3v) is 6.31. The lowest BCUT2D eigenvalue weighted by Crippen LogP contribution is -2.51. The van der Waals surface area contributed by atoms with E-state index in [1.165, 1.54) is 5.69 Å². The van der Waals surface area contributed by atoms with E-state index < -0.39 is 0 Å². The van der Waals surface area contributed by atoms with Crippen LogP contribution in [0, 0.1) is 0 Å². The molecule has 2 atom stereocenters. The molecule has 2 unspecified atom stereocenters. The average molecular weight is 463 g/mol. The van der Waals surface area contributed by atoms with Crippen LogP contribution in [0.3, 0.4) is 0 Å². The first-order valence-electron chi connectivity index (χ1n) is 12.0. The summed E-state index contributed by atoms with van der Waals surface area (Å²) in [5, 5.41) is 8.74. The number of likely N-dealkylation sites (N-methyl/N-ethyl adjacent to an activating group) is 1. The number of ether oxygens (including phenoxy) is 2. The van der Waals surface area contributed by atoms with Crippen LogP contribution in [0.2, 0.25) is 0 Å². The number of aromatic amines is 2. The molecular formula is C26H34N6O2. The van der Waals surface area contributed by atoms with Gasteiger partial charge in [-0.3, -0.25) is 5.10 Å². The molecular weight excluding hydrogens is 428 g/mol. The highest BCUT2D eigenvalue weighted by Gasteiger charge is 2.27. The molecule has 0 aliphatic carbocycles. The zero-order valence-electron chi connectivity index (χ0n) is 20.6. The summed E-state index contributed by atoms with van der Waals surface area (Å²) >= 11 is 0. The summed E-state index contributed by atoms with van der Waals surface area (Å²) < 4.78 is 11.8. The minimum Gasteiger partial charge on any atom is -0.374 e. The summed E-state index contributed by atoms with van der Waals surface area (Å²) in [5.41, 5.74) is 6.05. The maximum Gasteiger partial charge on any atom is 0.159 e. The number of nitrogens with zero attached hydrogens (tertiary/aromatic N) is 4. The summed E-state index contributed by atoms with van der Waals surface area (Å²) in [6.45, 7) is 9.40. The maximum atomic E-state index is 6.05. The Kier molecular flexibility index (Phi) is 6.29. The molecule has 1 saturated heterocycles. The molecule has 0 saturated carbocycles. The number of anilines is 1. The van der Waals surface area contributed by atoms with Gasteiger partial charge in [0, 0.05) is 30.2 Å². The zero-order valence-corrected chi connectivity index (χ0v) is 20.6.